The van der Waals surface area contributed by atoms with Gasteiger partial charge < -0.3 is 4.57 Å². The van der Waals surface area contributed by atoms with Crippen molar-refractivity contribution in [3.05, 3.63) is 53.4 Å². The maximum absolute atomic E-state index is 14.2. The molecule has 1 unspecified atom stereocenters. The lowest BCUT2D eigenvalue weighted by atomic mass is 9.94. The van der Waals surface area contributed by atoms with Gasteiger partial charge in [-0.25, -0.2) is 9.37 Å². The Balaban J connectivity index is 1.81. The van der Waals surface area contributed by atoms with Crippen molar-refractivity contribution in [1.82, 2.24) is 9.55 Å². The van der Waals surface area contributed by atoms with Crippen molar-refractivity contribution in [2.24, 2.45) is 0 Å². The van der Waals surface area contributed by atoms with Crippen LogP contribution in [0.5, 0.6) is 0 Å². The molecular formula is C15H12FN3. The van der Waals surface area contributed by atoms with Crippen LogP contribution in [0.4, 0.5) is 4.39 Å². The van der Waals surface area contributed by atoms with E-state index in [2.05, 4.69) is 9.55 Å². The van der Waals surface area contributed by atoms with Gasteiger partial charge in [0.2, 0.25) is 0 Å². The van der Waals surface area contributed by atoms with Gasteiger partial charge in [-0.15, -0.1) is 0 Å². The summed E-state index contributed by atoms with van der Waals surface area (Å²) in [5.41, 5.74) is 2.51. The average Bonchev–Trinajstić information content (AvgIpc) is 2.91. The van der Waals surface area contributed by atoms with E-state index in [4.69, 9.17) is 5.26 Å². The summed E-state index contributed by atoms with van der Waals surface area (Å²) in [6.45, 7) is 0. The second-order valence-corrected chi connectivity index (χ2v) is 5.53. The highest BCUT2D eigenvalue weighted by Gasteiger charge is 2.53. The highest BCUT2D eigenvalue weighted by molar-refractivity contribution is 5.39. The molecule has 0 amide bonds. The minimum absolute atomic E-state index is 0.0211. The normalized spacial score (nSPS) is 22.2. The van der Waals surface area contributed by atoms with Crippen molar-refractivity contribution in [1.29, 1.82) is 5.26 Å². The van der Waals surface area contributed by atoms with E-state index in [0.29, 0.717) is 11.1 Å². The zero-order chi connectivity index (χ0) is 13.0. The maximum atomic E-state index is 14.2. The van der Waals surface area contributed by atoms with Crippen LogP contribution in [0.3, 0.4) is 0 Å². The molecule has 0 N–H and O–H groups in total. The van der Waals surface area contributed by atoms with E-state index in [-0.39, 0.29) is 17.3 Å². The van der Waals surface area contributed by atoms with E-state index in [0.717, 1.165) is 6.42 Å². The number of halogens is 1. The number of hydrogen-bond acceptors (Lipinski definition) is 2. The van der Waals surface area contributed by atoms with Gasteiger partial charge in [0.15, 0.2) is 0 Å². The Morgan fingerprint density at radius 1 is 1.42 bits per heavy atom. The first-order chi connectivity index (χ1) is 9.23. The molecule has 2 aliphatic rings. The molecule has 0 radical (unpaired) electrons. The van der Waals surface area contributed by atoms with Crippen molar-refractivity contribution in [3.8, 4) is 6.07 Å². The molecule has 1 spiro atoms. The van der Waals surface area contributed by atoms with E-state index < -0.39 is 0 Å². The Kier molecular flexibility index (Phi) is 1.95. The van der Waals surface area contributed by atoms with Gasteiger partial charge in [-0.1, -0.05) is 6.07 Å². The van der Waals surface area contributed by atoms with Gasteiger partial charge in [0.1, 0.15) is 5.82 Å². The standard InChI is InChI=1S/C15H12FN3/c16-12-5-10(7-17)1-2-11(12)13-6-15(3-4-15)14-8-18-9-19(13)14/h1-2,5,8-9,13H,3-4,6H2. The largest absolute Gasteiger partial charge is 0.326 e. The fourth-order valence-corrected chi connectivity index (χ4v) is 3.27. The SMILES string of the molecule is N#Cc1ccc(C2CC3(CC3)c3cncn32)c(F)c1. The summed E-state index contributed by atoms with van der Waals surface area (Å²) in [4.78, 5) is 4.21. The molecule has 1 aromatic carbocycles. The summed E-state index contributed by atoms with van der Waals surface area (Å²) < 4.78 is 16.3. The highest BCUT2D eigenvalue weighted by atomic mass is 19.1. The average molecular weight is 253 g/mol. The number of imidazole rings is 1. The van der Waals surface area contributed by atoms with Crippen molar-refractivity contribution in [3.63, 3.8) is 0 Å². The zero-order valence-corrected chi connectivity index (χ0v) is 10.3. The minimum atomic E-state index is -0.290. The Labute approximate surface area is 110 Å². The van der Waals surface area contributed by atoms with Crippen LogP contribution in [0, 0.1) is 17.1 Å². The molecule has 19 heavy (non-hydrogen) atoms. The number of nitriles is 1. The number of nitrogens with zero attached hydrogens (tertiary/aromatic N) is 3. The van der Waals surface area contributed by atoms with Gasteiger partial charge in [0, 0.05) is 22.9 Å². The van der Waals surface area contributed by atoms with Crippen LogP contribution < -0.4 is 0 Å². The summed E-state index contributed by atoms with van der Waals surface area (Å²) in [6, 6.07) is 6.74. The summed E-state index contributed by atoms with van der Waals surface area (Å²) >= 11 is 0. The zero-order valence-electron chi connectivity index (χ0n) is 10.3. The van der Waals surface area contributed by atoms with Crippen molar-refractivity contribution in [2.45, 2.75) is 30.7 Å². The maximum Gasteiger partial charge on any atom is 0.129 e. The first-order valence-corrected chi connectivity index (χ1v) is 6.45. The van der Waals surface area contributed by atoms with Gasteiger partial charge >= 0.3 is 0 Å². The number of aromatic nitrogens is 2. The Bertz CT molecular complexity index is 706. The Hall–Kier alpha value is -2.15. The quantitative estimate of drug-likeness (QED) is 0.784. The molecule has 4 rings (SSSR count). The van der Waals surface area contributed by atoms with E-state index in [1.54, 1.807) is 18.5 Å². The smallest absolute Gasteiger partial charge is 0.129 e. The lowest BCUT2D eigenvalue weighted by molar-refractivity contribution is 0.525. The second kappa shape index (κ2) is 3.45. The molecule has 2 aromatic rings. The lowest BCUT2D eigenvalue weighted by Crippen LogP contribution is -2.07. The molecule has 3 nitrogen and oxygen atoms in total. The molecule has 0 saturated heterocycles. The van der Waals surface area contributed by atoms with Crippen LogP contribution >= 0.6 is 0 Å². The van der Waals surface area contributed by atoms with Gasteiger partial charge in [-0.2, -0.15) is 5.26 Å². The van der Waals surface area contributed by atoms with E-state index in [1.807, 2.05) is 12.3 Å². The van der Waals surface area contributed by atoms with Crippen molar-refractivity contribution < 1.29 is 4.39 Å². The number of fused-ring (bicyclic) bond motifs is 2. The summed E-state index contributed by atoms with van der Waals surface area (Å²) in [5.74, 6) is -0.290. The fourth-order valence-electron chi connectivity index (χ4n) is 3.27. The molecule has 2 heterocycles. The predicted molar refractivity (Wildman–Crippen MR) is 67.0 cm³/mol. The van der Waals surface area contributed by atoms with Crippen LogP contribution in [-0.2, 0) is 5.41 Å². The van der Waals surface area contributed by atoms with E-state index in [1.165, 1.54) is 24.6 Å². The van der Waals surface area contributed by atoms with Gasteiger partial charge in [-0.3, -0.25) is 0 Å². The minimum Gasteiger partial charge on any atom is -0.326 e. The van der Waals surface area contributed by atoms with Gasteiger partial charge in [0.25, 0.3) is 0 Å². The second-order valence-electron chi connectivity index (χ2n) is 5.53. The summed E-state index contributed by atoms with van der Waals surface area (Å²) in [6.07, 6.45) is 7.01. The molecule has 1 atom stereocenters. The van der Waals surface area contributed by atoms with Crippen LogP contribution in [0.15, 0.2) is 30.7 Å². The third kappa shape index (κ3) is 1.39. The van der Waals surface area contributed by atoms with Crippen molar-refractivity contribution >= 4 is 0 Å². The van der Waals surface area contributed by atoms with E-state index in [9.17, 15) is 4.39 Å². The summed E-state index contributed by atoms with van der Waals surface area (Å²) in [5, 5.41) is 8.80. The topological polar surface area (TPSA) is 41.6 Å². The summed E-state index contributed by atoms with van der Waals surface area (Å²) in [7, 11) is 0. The molecular weight excluding hydrogens is 241 g/mol. The third-order valence-corrected chi connectivity index (χ3v) is 4.47. The van der Waals surface area contributed by atoms with Crippen molar-refractivity contribution in [2.75, 3.05) is 0 Å². The fraction of sp³-hybridized carbons (Fsp3) is 0.333. The molecule has 1 aromatic heterocycles. The number of rotatable bonds is 1. The molecule has 1 aliphatic carbocycles. The highest BCUT2D eigenvalue weighted by Crippen LogP contribution is 2.59. The van der Waals surface area contributed by atoms with Crippen LogP contribution in [0.25, 0.3) is 0 Å². The lowest BCUT2D eigenvalue weighted by Gasteiger charge is -2.14. The molecule has 1 fully saturated rings. The number of benzene rings is 1. The van der Waals surface area contributed by atoms with Crippen LogP contribution in [0.1, 0.15) is 42.1 Å². The molecule has 4 heteroatoms. The van der Waals surface area contributed by atoms with Gasteiger partial charge in [-0.05, 0) is 31.4 Å². The third-order valence-electron chi connectivity index (χ3n) is 4.47. The first-order valence-electron chi connectivity index (χ1n) is 6.45. The monoisotopic (exact) mass is 253 g/mol. The van der Waals surface area contributed by atoms with Gasteiger partial charge in [0.05, 0.1) is 24.0 Å². The number of hydrogen-bond donors (Lipinski definition) is 0. The molecule has 1 aliphatic heterocycles. The Morgan fingerprint density at radius 2 is 2.26 bits per heavy atom. The van der Waals surface area contributed by atoms with E-state index >= 15 is 0 Å². The predicted octanol–water partition coefficient (Wildman–Crippen LogP) is 2.92. The molecule has 1 saturated carbocycles. The molecule has 0 bridgehead atoms. The molecule has 94 valence electrons. The Morgan fingerprint density at radius 3 is 2.95 bits per heavy atom. The van der Waals surface area contributed by atoms with Crippen LogP contribution in [-0.4, -0.2) is 9.55 Å². The first kappa shape index (κ1) is 10.7. The van der Waals surface area contributed by atoms with Crippen LogP contribution in [0.2, 0.25) is 0 Å².